The summed E-state index contributed by atoms with van der Waals surface area (Å²) in [5, 5.41) is 5.46. The fourth-order valence-electron chi connectivity index (χ4n) is 5.40. The van der Waals surface area contributed by atoms with Crippen molar-refractivity contribution >= 4 is 65.4 Å². The standard InChI is InChI=1S/C32H18S3/c1-3-12-25-19(7-1)21-9-5-10-22-20(15-16-30(34-25)31(21)22)27-17-18-28(33-27)24-11-6-14-29-32(24)23-8-2-4-13-26(23)35-29/h1-18H. The van der Waals surface area contributed by atoms with Crippen molar-refractivity contribution in [3.63, 3.8) is 0 Å². The van der Waals surface area contributed by atoms with Gasteiger partial charge in [-0.05, 0) is 58.5 Å². The van der Waals surface area contributed by atoms with Crippen LogP contribution in [0.3, 0.4) is 0 Å². The zero-order chi connectivity index (χ0) is 22.9. The number of benzene rings is 5. The van der Waals surface area contributed by atoms with Crippen molar-refractivity contribution in [3.8, 4) is 32.0 Å². The zero-order valence-electron chi connectivity index (χ0n) is 18.6. The monoisotopic (exact) mass is 498 g/mol. The lowest BCUT2D eigenvalue weighted by molar-refractivity contribution is 1.40. The summed E-state index contributed by atoms with van der Waals surface area (Å²) >= 11 is 5.67. The van der Waals surface area contributed by atoms with Gasteiger partial charge < -0.3 is 0 Å². The van der Waals surface area contributed by atoms with Crippen LogP contribution in [-0.2, 0) is 0 Å². The molecule has 2 aromatic heterocycles. The lowest BCUT2D eigenvalue weighted by Crippen LogP contribution is -1.93. The zero-order valence-corrected chi connectivity index (χ0v) is 21.1. The highest BCUT2D eigenvalue weighted by Crippen LogP contribution is 2.50. The molecule has 164 valence electrons. The molecule has 3 heterocycles. The van der Waals surface area contributed by atoms with Crippen molar-refractivity contribution in [2.75, 3.05) is 0 Å². The van der Waals surface area contributed by atoms with Gasteiger partial charge in [-0.2, -0.15) is 0 Å². The third-order valence-electron chi connectivity index (χ3n) is 6.94. The summed E-state index contributed by atoms with van der Waals surface area (Å²) in [6, 6.07) is 40.3. The van der Waals surface area contributed by atoms with Crippen LogP contribution in [-0.4, -0.2) is 0 Å². The Labute approximate surface area is 215 Å². The van der Waals surface area contributed by atoms with Crippen molar-refractivity contribution in [2.24, 2.45) is 0 Å². The minimum Gasteiger partial charge on any atom is -0.135 e. The number of fused-ring (bicyclic) bond motifs is 5. The molecule has 8 rings (SSSR count). The summed E-state index contributed by atoms with van der Waals surface area (Å²) in [7, 11) is 0. The Kier molecular flexibility index (Phi) is 4.30. The normalized spacial score (nSPS) is 12.5. The number of hydrogen-bond acceptors (Lipinski definition) is 3. The maximum absolute atomic E-state index is 2.32. The van der Waals surface area contributed by atoms with Gasteiger partial charge in [-0.15, -0.1) is 22.7 Å². The predicted molar refractivity (Wildman–Crippen MR) is 155 cm³/mol. The maximum Gasteiger partial charge on any atom is 0.0361 e. The molecule has 0 unspecified atom stereocenters. The van der Waals surface area contributed by atoms with Crippen molar-refractivity contribution in [3.05, 3.63) is 109 Å². The van der Waals surface area contributed by atoms with E-state index in [1.165, 1.54) is 72.7 Å². The van der Waals surface area contributed by atoms with E-state index in [1.807, 2.05) is 34.4 Å². The summed E-state index contributed by atoms with van der Waals surface area (Å²) in [6.07, 6.45) is 0. The molecule has 0 saturated heterocycles. The van der Waals surface area contributed by atoms with Crippen molar-refractivity contribution in [1.82, 2.24) is 0 Å². The van der Waals surface area contributed by atoms with Gasteiger partial charge in [0.25, 0.3) is 0 Å². The second-order valence-corrected chi connectivity index (χ2v) is 12.1. The molecule has 1 aliphatic heterocycles. The van der Waals surface area contributed by atoms with Gasteiger partial charge in [0.1, 0.15) is 0 Å². The third-order valence-corrected chi connectivity index (χ3v) is 10.4. The van der Waals surface area contributed by atoms with E-state index in [2.05, 4.69) is 109 Å². The van der Waals surface area contributed by atoms with Crippen LogP contribution in [0.2, 0.25) is 0 Å². The van der Waals surface area contributed by atoms with E-state index in [-0.39, 0.29) is 0 Å². The molecule has 3 heteroatoms. The van der Waals surface area contributed by atoms with E-state index < -0.39 is 0 Å². The van der Waals surface area contributed by atoms with E-state index in [1.54, 1.807) is 0 Å². The maximum atomic E-state index is 2.32. The Morgan fingerprint density at radius 1 is 0.371 bits per heavy atom. The van der Waals surface area contributed by atoms with Crippen LogP contribution in [0, 0.1) is 0 Å². The van der Waals surface area contributed by atoms with Gasteiger partial charge in [0.05, 0.1) is 0 Å². The molecule has 0 radical (unpaired) electrons. The molecule has 0 aliphatic carbocycles. The Bertz CT molecular complexity index is 1940. The van der Waals surface area contributed by atoms with Crippen molar-refractivity contribution in [1.29, 1.82) is 0 Å². The van der Waals surface area contributed by atoms with Gasteiger partial charge >= 0.3 is 0 Å². The molecule has 0 N–H and O–H groups in total. The first-order chi connectivity index (χ1) is 17.3. The lowest BCUT2D eigenvalue weighted by atomic mass is 9.94. The van der Waals surface area contributed by atoms with Crippen LogP contribution in [0.1, 0.15) is 0 Å². The molecule has 0 nitrogen and oxygen atoms in total. The van der Waals surface area contributed by atoms with Crippen LogP contribution in [0.25, 0.3) is 63.0 Å². The summed E-state index contributed by atoms with van der Waals surface area (Å²) in [5.74, 6) is 0. The summed E-state index contributed by atoms with van der Waals surface area (Å²) in [5.41, 5.74) is 5.35. The summed E-state index contributed by atoms with van der Waals surface area (Å²) < 4.78 is 2.71. The minimum atomic E-state index is 1.32. The number of rotatable bonds is 2. The molecule has 0 bridgehead atoms. The first-order valence-corrected chi connectivity index (χ1v) is 14.1. The molecule has 0 saturated carbocycles. The quantitative estimate of drug-likeness (QED) is 0.228. The van der Waals surface area contributed by atoms with Gasteiger partial charge in [0.15, 0.2) is 0 Å². The number of thiophene rings is 2. The Balaban J connectivity index is 1.33. The van der Waals surface area contributed by atoms with Gasteiger partial charge in [-0.25, -0.2) is 0 Å². The van der Waals surface area contributed by atoms with Gasteiger partial charge in [0.2, 0.25) is 0 Å². The Morgan fingerprint density at radius 2 is 1.09 bits per heavy atom. The van der Waals surface area contributed by atoms with E-state index in [0.29, 0.717) is 0 Å². The highest BCUT2D eigenvalue weighted by Gasteiger charge is 2.21. The molecule has 1 aliphatic rings. The van der Waals surface area contributed by atoms with E-state index in [4.69, 9.17) is 0 Å². The summed E-state index contributed by atoms with van der Waals surface area (Å²) in [4.78, 5) is 5.34. The molecule has 5 aromatic carbocycles. The second-order valence-electron chi connectivity index (χ2n) is 8.88. The first-order valence-electron chi connectivity index (χ1n) is 11.7. The fourth-order valence-corrected chi connectivity index (χ4v) is 8.74. The Hall–Kier alpha value is -3.37. The molecular weight excluding hydrogens is 481 g/mol. The van der Waals surface area contributed by atoms with Gasteiger partial charge in [-0.3, -0.25) is 0 Å². The first kappa shape index (κ1) is 19.9. The molecule has 0 atom stereocenters. The average molecular weight is 499 g/mol. The van der Waals surface area contributed by atoms with Crippen LogP contribution in [0.4, 0.5) is 0 Å². The van der Waals surface area contributed by atoms with Crippen molar-refractivity contribution < 1.29 is 0 Å². The van der Waals surface area contributed by atoms with Crippen LogP contribution in [0.15, 0.2) is 119 Å². The molecular formula is C32H18S3. The lowest BCUT2D eigenvalue weighted by Gasteiger charge is -2.21. The van der Waals surface area contributed by atoms with E-state index >= 15 is 0 Å². The van der Waals surface area contributed by atoms with Gasteiger partial charge in [0, 0.05) is 50.7 Å². The highest BCUT2D eigenvalue weighted by atomic mass is 32.2. The van der Waals surface area contributed by atoms with Gasteiger partial charge in [-0.1, -0.05) is 84.6 Å². The number of hydrogen-bond donors (Lipinski definition) is 0. The van der Waals surface area contributed by atoms with Crippen LogP contribution >= 0.6 is 34.4 Å². The predicted octanol–water partition coefficient (Wildman–Crippen LogP) is 10.7. The molecule has 0 spiro atoms. The fraction of sp³-hybridized carbons (Fsp3) is 0. The minimum absolute atomic E-state index is 1.32. The molecule has 7 aromatic rings. The largest absolute Gasteiger partial charge is 0.135 e. The highest BCUT2D eigenvalue weighted by molar-refractivity contribution is 7.99. The SMILES string of the molecule is c1ccc2c(c1)Sc1ccc(-c3ccc(-c4cccc5sc6ccccc6c45)s3)c3cccc-2c13. The summed E-state index contributed by atoms with van der Waals surface area (Å²) in [6.45, 7) is 0. The van der Waals surface area contributed by atoms with E-state index in [0.717, 1.165) is 0 Å². The molecule has 35 heavy (non-hydrogen) atoms. The van der Waals surface area contributed by atoms with E-state index in [9.17, 15) is 0 Å². The average Bonchev–Trinajstić information content (AvgIpc) is 3.54. The third kappa shape index (κ3) is 2.93. The second kappa shape index (κ2) is 7.56. The van der Waals surface area contributed by atoms with Crippen LogP contribution in [0.5, 0.6) is 0 Å². The molecule has 0 fully saturated rings. The topological polar surface area (TPSA) is 0 Å². The Morgan fingerprint density at radius 3 is 2.06 bits per heavy atom. The smallest absolute Gasteiger partial charge is 0.0361 e. The van der Waals surface area contributed by atoms with Crippen LogP contribution < -0.4 is 0 Å². The van der Waals surface area contributed by atoms with Crippen molar-refractivity contribution in [2.45, 2.75) is 9.79 Å². The molecule has 0 amide bonds.